The third-order valence-electron chi connectivity index (χ3n) is 15.3. The second-order valence-electron chi connectivity index (χ2n) is 18.1. The van der Waals surface area contributed by atoms with Gasteiger partial charge in [-0.05, 0) is 117 Å². The van der Waals surface area contributed by atoms with Crippen molar-refractivity contribution in [3.8, 4) is 0 Å². The molecule has 4 aliphatic rings. The van der Waals surface area contributed by atoms with Gasteiger partial charge in [0.1, 0.15) is 6.10 Å². The molecule has 1 aromatic carbocycles. The lowest BCUT2D eigenvalue weighted by molar-refractivity contribution is -0.137. The average molecular weight is 675 g/mol. The molecule has 0 amide bonds. The van der Waals surface area contributed by atoms with Gasteiger partial charge in [0.15, 0.2) is 0 Å². The number of ether oxygens (including phenoxy) is 1. The first kappa shape index (κ1) is 38.9. The van der Waals surface area contributed by atoms with Crippen LogP contribution in [0.25, 0.3) is 0 Å². The molecule has 2 nitrogen and oxygen atoms in total. The molecule has 0 N–H and O–H groups in total. The SMILES string of the molecule is CCCCCCCC1CCC(C2(CC(c3ccccc3)C3(C4CCC(CCCCCCC)CC4)CCCCC3)CCC(OC=O)CC2)CC1. The molecular formula is C47H78O2. The van der Waals surface area contributed by atoms with E-state index in [0.29, 0.717) is 16.7 Å². The molecule has 0 radical (unpaired) electrons. The third-order valence-corrected chi connectivity index (χ3v) is 15.3. The first-order valence-electron chi connectivity index (χ1n) is 22.3. The van der Waals surface area contributed by atoms with Gasteiger partial charge in [0.05, 0.1) is 0 Å². The van der Waals surface area contributed by atoms with E-state index in [1.54, 1.807) is 5.56 Å². The zero-order valence-corrected chi connectivity index (χ0v) is 32.5. The van der Waals surface area contributed by atoms with E-state index in [4.69, 9.17) is 4.74 Å². The van der Waals surface area contributed by atoms with E-state index in [1.807, 2.05) is 0 Å². The Bertz CT molecular complexity index is 1000. The standard InChI is InChI=1S/C47H78O2/c1-3-5-7-9-13-19-39-23-27-42(28-24-39)46(35-31-44(32-36-46)49-38-48)37-45(41-21-15-11-16-22-41)47(33-17-12-18-34-47)43-29-25-40(26-30-43)20-14-10-8-6-4-2/h11,15-16,21-22,38-40,42-45H,3-10,12-14,17-20,23-37H2,1-2H3. The molecule has 278 valence electrons. The van der Waals surface area contributed by atoms with Gasteiger partial charge >= 0.3 is 0 Å². The maximum absolute atomic E-state index is 11.4. The summed E-state index contributed by atoms with van der Waals surface area (Å²) < 4.78 is 5.65. The van der Waals surface area contributed by atoms with Gasteiger partial charge in [0.25, 0.3) is 6.47 Å². The van der Waals surface area contributed by atoms with Crippen molar-refractivity contribution in [2.75, 3.05) is 0 Å². The summed E-state index contributed by atoms with van der Waals surface area (Å²) in [7, 11) is 0. The summed E-state index contributed by atoms with van der Waals surface area (Å²) in [5.74, 6) is 4.35. The largest absolute Gasteiger partial charge is 0.465 e. The third kappa shape index (κ3) is 10.9. The highest BCUT2D eigenvalue weighted by molar-refractivity contribution is 5.37. The molecule has 0 saturated heterocycles. The zero-order valence-electron chi connectivity index (χ0n) is 32.5. The van der Waals surface area contributed by atoms with Gasteiger partial charge in [-0.15, -0.1) is 0 Å². The van der Waals surface area contributed by atoms with Crippen LogP contribution in [0.5, 0.6) is 0 Å². The first-order valence-corrected chi connectivity index (χ1v) is 22.3. The highest BCUT2D eigenvalue weighted by Gasteiger charge is 2.52. The predicted molar refractivity (Wildman–Crippen MR) is 209 cm³/mol. The van der Waals surface area contributed by atoms with Crippen LogP contribution < -0.4 is 0 Å². The first-order chi connectivity index (χ1) is 24.1. The number of hydrogen-bond donors (Lipinski definition) is 0. The van der Waals surface area contributed by atoms with Gasteiger partial charge in [0.2, 0.25) is 0 Å². The van der Waals surface area contributed by atoms with Crippen LogP contribution in [0.2, 0.25) is 0 Å². The summed E-state index contributed by atoms with van der Waals surface area (Å²) in [6, 6.07) is 12.0. The van der Waals surface area contributed by atoms with E-state index in [2.05, 4.69) is 44.2 Å². The second-order valence-corrected chi connectivity index (χ2v) is 18.1. The minimum Gasteiger partial charge on any atom is -0.465 e. The number of hydrogen-bond acceptors (Lipinski definition) is 2. The Balaban J connectivity index is 1.34. The van der Waals surface area contributed by atoms with Crippen molar-refractivity contribution in [3.63, 3.8) is 0 Å². The topological polar surface area (TPSA) is 26.3 Å². The Hall–Kier alpha value is -1.31. The Morgan fingerprint density at radius 1 is 0.633 bits per heavy atom. The van der Waals surface area contributed by atoms with E-state index >= 15 is 0 Å². The smallest absolute Gasteiger partial charge is 0.293 e. The molecule has 4 aliphatic carbocycles. The lowest BCUT2D eigenvalue weighted by Crippen LogP contribution is -2.46. The van der Waals surface area contributed by atoms with Crippen LogP contribution in [0.3, 0.4) is 0 Å². The Morgan fingerprint density at radius 2 is 1.16 bits per heavy atom. The van der Waals surface area contributed by atoms with Crippen LogP contribution >= 0.6 is 0 Å². The molecule has 49 heavy (non-hydrogen) atoms. The molecular weight excluding hydrogens is 597 g/mol. The summed E-state index contributed by atoms with van der Waals surface area (Å²) in [6.07, 6.45) is 42.3. The number of rotatable bonds is 20. The van der Waals surface area contributed by atoms with Crippen molar-refractivity contribution in [1.29, 1.82) is 0 Å². The summed E-state index contributed by atoms with van der Waals surface area (Å²) in [5, 5.41) is 0. The normalized spacial score (nSPS) is 31.2. The van der Waals surface area contributed by atoms with Gasteiger partial charge in [-0.25, -0.2) is 0 Å². The predicted octanol–water partition coefficient (Wildman–Crippen LogP) is 14.5. The molecule has 0 heterocycles. The summed E-state index contributed by atoms with van der Waals surface area (Å²) in [6.45, 7) is 5.40. The number of unbranched alkanes of at least 4 members (excludes halogenated alkanes) is 8. The molecule has 1 atom stereocenters. The highest BCUT2D eigenvalue weighted by Crippen LogP contribution is 2.63. The molecule has 0 bridgehead atoms. The van der Waals surface area contributed by atoms with E-state index in [0.717, 1.165) is 43.0 Å². The van der Waals surface area contributed by atoms with Gasteiger partial charge in [-0.2, -0.15) is 0 Å². The van der Waals surface area contributed by atoms with E-state index in [9.17, 15) is 4.79 Å². The van der Waals surface area contributed by atoms with Gasteiger partial charge in [-0.1, -0.05) is 166 Å². The monoisotopic (exact) mass is 675 g/mol. The number of carbonyl (C=O) groups excluding carboxylic acids is 1. The average Bonchev–Trinajstić information content (AvgIpc) is 3.16. The van der Waals surface area contributed by atoms with Crippen molar-refractivity contribution in [1.82, 2.24) is 0 Å². The molecule has 0 aliphatic heterocycles. The van der Waals surface area contributed by atoms with Crippen LogP contribution in [-0.4, -0.2) is 12.6 Å². The van der Waals surface area contributed by atoms with Crippen LogP contribution in [0, 0.1) is 34.5 Å². The lowest BCUT2D eigenvalue weighted by atomic mass is 9.49. The van der Waals surface area contributed by atoms with Gasteiger partial charge in [0, 0.05) is 0 Å². The number of benzene rings is 1. The molecule has 4 fully saturated rings. The lowest BCUT2D eigenvalue weighted by Gasteiger charge is -2.56. The Kier molecular flexibility index (Phi) is 16.4. The van der Waals surface area contributed by atoms with Crippen LogP contribution in [-0.2, 0) is 9.53 Å². The van der Waals surface area contributed by atoms with Gasteiger partial charge < -0.3 is 4.74 Å². The molecule has 1 unspecified atom stereocenters. The van der Waals surface area contributed by atoms with E-state index < -0.39 is 0 Å². The van der Waals surface area contributed by atoms with Crippen molar-refractivity contribution >= 4 is 6.47 Å². The van der Waals surface area contributed by atoms with Crippen LogP contribution in [0.15, 0.2) is 30.3 Å². The molecule has 0 aromatic heterocycles. The molecule has 1 aromatic rings. The van der Waals surface area contributed by atoms with E-state index in [1.165, 1.54) is 180 Å². The van der Waals surface area contributed by atoms with Crippen LogP contribution in [0.1, 0.15) is 218 Å². The van der Waals surface area contributed by atoms with Crippen molar-refractivity contribution in [3.05, 3.63) is 35.9 Å². The molecule has 2 heteroatoms. The van der Waals surface area contributed by atoms with Crippen molar-refractivity contribution < 1.29 is 9.53 Å². The maximum atomic E-state index is 11.4. The quantitative estimate of drug-likeness (QED) is 0.102. The summed E-state index contributed by atoms with van der Waals surface area (Å²) in [5.41, 5.74) is 2.52. The van der Waals surface area contributed by atoms with Gasteiger partial charge in [-0.3, -0.25) is 4.79 Å². The van der Waals surface area contributed by atoms with Crippen LogP contribution in [0.4, 0.5) is 0 Å². The zero-order chi connectivity index (χ0) is 34.2. The fourth-order valence-electron chi connectivity index (χ4n) is 12.3. The minimum absolute atomic E-state index is 0.140. The second kappa shape index (κ2) is 20.7. The van der Waals surface area contributed by atoms with Crippen molar-refractivity contribution in [2.24, 2.45) is 34.5 Å². The molecule has 4 saturated carbocycles. The maximum Gasteiger partial charge on any atom is 0.293 e. The fraction of sp³-hybridized carbons (Fsp3) is 0.851. The molecule has 5 rings (SSSR count). The highest BCUT2D eigenvalue weighted by atomic mass is 16.5. The van der Waals surface area contributed by atoms with Crippen molar-refractivity contribution in [2.45, 2.75) is 218 Å². The Morgan fingerprint density at radius 3 is 1.69 bits per heavy atom. The minimum atomic E-state index is 0.140. The number of carbonyl (C=O) groups is 1. The summed E-state index contributed by atoms with van der Waals surface area (Å²) >= 11 is 0. The van der Waals surface area contributed by atoms with E-state index in [-0.39, 0.29) is 6.10 Å². The fourth-order valence-corrected chi connectivity index (χ4v) is 12.3. The molecule has 0 spiro atoms. The summed E-state index contributed by atoms with van der Waals surface area (Å²) in [4.78, 5) is 11.4. The Labute approximate surface area is 304 Å².